The molecule has 0 spiro atoms. The van der Waals surface area contributed by atoms with Crippen molar-refractivity contribution in [3.05, 3.63) is 65.0 Å². The van der Waals surface area contributed by atoms with E-state index in [2.05, 4.69) is 10.2 Å². The van der Waals surface area contributed by atoms with Gasteiger partial charge in [0.1, 0.15) is 11.4 Å². The first-order valence-electron chi connectivity index (χ1n) is 10.1. The largest absolute Gasteiger partial charge is 0.480 e. The number of benzene rings is 2. The van der Waals surface area contributed by atoms with E-state index in [1.807, 2.05) is 19.1 Å². The zero-order chi connectivity index (χ0) is 24.4. The minimum absolute atomic E-state index is 0.0759. The van der Waals surface area contributed by atoms with Gasteiger partial charge in [0.15, 0.2) is 11.4 Å². The summed E-state index contributed by atoms with van der Waals surface area (Å²) in [6.45, 7) is 6.45. The molecule has 0 unspecified atom stereocenters. The minimum Gasteiger partial charge on any atom is -0.480 e. The molecule has 2 aromatic carbocycles. The van der Waals surface area contributed by atoms with Crippen molar-refractivity contribution in [3.63, 3.8) is 0 Å². The minimum atomic E-state index is -4.42. The van der Waals surface area contributed by atoms with E-state index in [9.17, 15) is 23.1 Å². The van der Waals surface area contributed by atoms with Gasteiger partial charge in [-0.05, 0) is 75.7 Å². The van der Waals surface area contributed by atoms with Crippen LogP contribution in [0.2, 0.25) is 0 Å². The van der Waals surface area contributed by atoms with Gasteiger partial charge in [-0.15, -0.1) is 11.8 Å². The van der Waals surface area contributed by atoms with Gasteiger partial charge in [0.25, 0.3) is 0 Å². The predicted octanol–water partition coefficient (Wildman–Crippen LogP) is 5.13. The van der Waals surface area contributed by atoms with E-state index in [0.717, 1.165) is 22.6 Å². The molecule has 1 N–H and O–H groups in total. The van der Waals surface area contributed by atoms with Gasteiger partial charge in [0.05, 0.1) is 23.6 Å². The molecule has 1 aromatic heterocycles. The molecule has 0 aliphatic heterocycles. The maximum absolute atomic E-state index is 12.8. The molecule has 0 atom stereocenters. The summed E-state index contributed by atoms with van der Waals surface area (Å²) in [7, 11) is 0. The van der Waals surface area contributed by atoms with Crippen LogP contribution in [-0.2, 0) is 23.3 Å². The van der Waals surface area contributed by atoms with Crippen LogP contribution in [0, 0.1) is 6.92 Å². The van der Waals surface area contributed by atoms with Crippen molar-refractivity contribution in [3.8, 4) is 11.4 Å². The van der Waals surface area contributed by atoms with Crippen LogP contribution >= 0.6 is 11.8 Å². The molecule has 3 rings (SSSR count). The third-order valence-electron chi connectivity index (χ3n) is 5.07. The number of hydrogen-bond donors (Lipinski definition) is 1. The number of aliphatic hydroxyl groups is 1. The van der Waals surface area contributed by atoms with Crippen LogP contribution in [-0.4, -0.2) is 31.5 Å². The van der Waals surface area contributed by atoms with Gasteiger partial charge in [0, 0.05) is 10.6 Å². The fraction of sp³-hybridized carbons (Fsp3) is 0.348. The molecule has 1 heterocycles. The molecule has 0 bridgehead atoms. The number of alkyl halides is 3. The van der Waals surface area contributed by atoms with Crippen LogP contribution in [0.1, 0.15) is 43.3 Å². The van der Waals surface area contributed by atoms with Gasteiger partial charge >= 0.3 is 6.18 Å². The smallest absolute Gasteiger partial charge is 0.416 e. The van der Waals surface area contributed by atoms with E-state index in [0.29, 0.717) is 28.6 Å². The van der Waals surface area contributed by atoms with E-state index in [-0.39, 0.29) is 12.4 Å². The van der Waals surface area contributed by atoms with Crippen LogP contribution < -0.4 is 4.74 Å². The molecule has 0 saturated heterocycles. The number of Topliss-reactive ketones (excluding diaryl/α,β-unsaturated/α-hetero) is 1. The van der Waals surface area contributed by atoms with Crippen molar-refractivity contribution >= 4 is 17.5 Å². The maximum atomic E-state index is 12.8. The van der Waals surface area contributed by atoms with Crippen molar-refractivity contribution in [1.82, 2.24) is 15.0 Å². The molecule has 0 radical (unpaired) electrons. The number of aryl methyl sites for hydroxylation is 1. The van der Waals surface area contributed by atoms with Crippen LogP contribution in [0.3, 0.4) is 0 Å². The quantitative estimate of drug-likeness (QED) is 0.452. The fourth-order valence-electron chi connectivity index (χ4n) is 2.83. The number of ether oxygens (including phenoxy) is 1. The molecule has 0 aliphatic carbocycles. The molecule has 0 aliphatic rings. The van der Waals surface area contributed by atoms with Crippen LogP contribution in [0.15, 0.2) is 47.4 Å². The van der Waals surface area contributed by atoms with Crippen LogP contribution in [0.25, 0.3) is 5.69 Å². The average molecular weight is 480 g/mol. The van der Waals surface area contributed by atoms with Crippen molar-refractivity contribution in [2.75, 3.05) is 0 Å². The molecule has 3 aromatic rings. The summed E-state index contributed by atoms with van der Waals surface area (Å²) in [6, 6.07) is 10.1. The summed E-state index contributed by atoms with van der Waals surface area (Å²) >= 11 is 1.47. The number of hydrogen-bond acceptors (Lipinski definition) is 6. The highest BCUT2D eigenvalue weighted by Crippen LogP contribution is 2.31. The topological polar surface area (TPSA) is 77.2 Å². The highest BCUT2D eigenvalue weighted by molar-refractivity contribution is 7.98. The summed E-state index contributed by atoms with van der Waals surface area (Å²) in [4.78, 5) is 13.9. The highest BCUT2D eigenvalue weighted by atomic mass is 32.2. The SMILES string of the molecule is CC(=O)C(C)(C)Oc1ccc(SCc2nn(-c3ccc(C(F)(F)F)cc3)nc2CO)cc1C. The Bertz CT molecular complexity index is 1140. The number of carbonyl (C=O) groups is 1. The molecule has 0 saturated carbocycles. The zero-order valence-electron chi connectivity index (χ0n) is 18.6. The lowest BCUT2D eigenvalue weighted by Gasteiger charge is -2.24. The number of aliphatic hydroxyl groups excluding tert-OH is 1. The first-order chi connectivity index (χ1) is 15.4. The van der Waals surface area contributed by atoms with Crippen molar-refractivity contribution in [1.29, 1.82) is 0 Å². The summed E-state index contributed by atoms with van der Waals surface area (Å²) in [6.07, 6.45) is -4.42. The van der Waals surface area contributed by atoms with Crippen LogP contribution in [0.4, 0.5) is 13.2 Å². The standard InChI is InChI=1S/C23H24F3N3O3S/c1-14-11-18(9-10-21(14)32-22(3,4)15(2)31)33-13-20-19(12-30)27-29(28-20)17-7-5-16(6-8-17)23(24,25)26/h5-11,30H,12-13H2,1-4H3. The van der Waals surface area contributed by atoms with Crippen molar-refractivity contribution in [2.45, 2.75) is 56.7 Å². The number of nitrogens with zero attached hydrogens (tertiary/aromatic N) is 3. The Balaban J connectivity index is 1.73. The third kappa shape index (κ3) is 5.94. The summed E-state index contributed by atoms with van der Waals surface area (Å²) in [5, 5.41) is 18.2. The van der Waals surface area contributed by atoms with Gasteiger partial charge in [0.2, 0.25) is 0 Å². The Kier molecular flexibility index (Phi) is 7.18. The lowest BCUT2D eigenvalue weighted by Crippen LogP contribution is -2.36. The second kappa shape index (κ2) is 9.56. The van der Waals surface area contributed by atoms with E-state index >= 15 is 0 Å². The van der Waals surface area contributed by atoms with E-state index in [1.54, 1.807) is 19.9 Å². The Morgan fingerprint density at radius 2 is 1.73 bits per heavy atom. The van der Waals surface area contributed by atoms with Crippen molar-refractivity contribution in [2.24, 2.45) is 0 Å². The van der Waals surface area contributed by atoms with Gasteiger partial charge in [-0.1, -0.05) is 0 Å². The second-order valence-electron chi connectivity index (χ2n) is 7.97. The Morgan fingerprint density at radius 3 is 2.27 bits per heavy atom. The summed E-state index contributed by atoms with van der Waals surface area (Å²) in [5.74, 6) is 0.937. The van der Waals surface area contributed by atoms with E-state index < -0.39 is 17.3 Å². The first kappa shape index (κ1) is 24.8. The first-order valence-corrected chi connectivity index (χ1v) is 11.1. The summed E-state index contributed by atoms with van der Waals surface area (Å²) < 4.78 is 44.2. The third-order valence-corrected chi connectivity index (χ3v) is 6.08. The van der Waals surface area contributed by atoms with Gasteiger partial charge < -0.3 is 9.84 Å². The number of halogens is 3. The molecular weight excluding hydrogens is 455 g/mol. The molecule has 176 valence electrons. The maximum Gasteiger partial charge on any atom is 0.416 e. The molecule has 6 nitrogen and oxygen atoms in total. The van der Waals surface area contributed by atoms with E-state index in [1.165, 1.54) is 35.6 Å². The van der Waals surface area contributed by atoms with Crippen molar-refractivity contribution < 1.29 is 27.8 Å². The molecule has 10 heteroatoms. The number of thioether (sulfide) groups is 1. The number of rotatable bonds is 8. The van der Waals surface area contributed by atoms with Gasteiger partial charge in [-0.25, -0.2) is 0 Å². The Morgan fingerprint density at radius 1 is 1.09 bits per heavy atom. The molecule has 33 heavy (non-hydrogen) atoms. The zero-order valence-corrected chi connectivity index (χ0v) is 19.4. The number of aromatic nitrogens is 3. The predicted molar refractivity (Wildman–Crippen MR) is 118 cm³/mol. The average Bonchev–Trinajstić information content (AvgIpc) is 3.16. The van der Waals surface area contributed by atoms with Gasteiger partial charge in [-0.3, -0.25) is 4.79 Å². The van der Waals surface area contributed by atoms with E-state index in [4.69, 9.17) is 4.74 Å². The van der Waals surface area contributed by atoms with Crippen LogP contribution in [0.5, 0.6) is 5.75 Å². The monoisotopic (exact) mass is 479 g/mol. The number of carbonyl (C=O) groups excluding carboxylic acids is 1. The fourth-order valence-corrected chi connectivity index (χ4v) is 3.78. The second-order valence-corrected chi connectivity index (χ2v) is 9.02. The number of ketones is 1. The molecule has 0 amide bonds. The Labute approximate surface area is 193 Å². The lowest BCUT2D eigenvalue weighted by atomic mass is 10.0. The highest BCUT2D eigenvalue weighted by Gasteiger charge is 2.30. The Hall–Kier alpha value is -2.85. The lowest BCUT2D eigenvalue weighted by molar-refractivity contribution is -0.137. The molecular formula is C23H24F3N3O3S. The summed E-state index contributed by atoms with van der Waals surface area (Å²) in [5.41, 5.74) is 0.419. The molecule has 0 fully saturated rings. The van der Waals surface area contributed by atoms with Gasteiger partial charge in [-0.2, -0.15) is 28.2 Å². The normalized spacial score (nSPS) is 12.1.